The summed E-state index contributed by atoms with van der Waals surface area (Å²) in [5.74, 6) is -0.0358. The van der Waals surface area contributed by atoms with Crippen molar-refractivity contribution in [2.24, 2.45) is 0 Å². The van der Waals surface area contributed by atoms with E-state index in [2.05, 4.69) is 5.32 Å². The van der Waals surface area contributed by atoms with Crippen molar-refractivity contribution in [2.75, 3.05) is 13.1 Å². The van der Waals surface area contributed by atoms with Crippen molar-refractivity contribution in [1.29, 1.82) is 0 Å². The van der Waals surface area contributed by atoms with Gasteiger partial charge in [-0.3, -0.25) is 9.59 Å². The third-order valence-corrected chi connectivity index (χ3v) is 4.74. The van der Waals surface area contributed by atoms with Crippen molar-refractivity contribution < 1.29 is 9.59 Å². The molecule has 4 nitrogen and oxygen atoms in total. The van der Waals surface area contributed by atoms with E-state index in [1.807, 2.05) is 36.1 Å². The number of likely N-dealkylation sites (tertiary alicyclic amines) is 1. The number of carbonyl (C=O) groups is 2. The molecular formula is C20H21ClN2O2. The Kier molecular flexibility index (Phi) is 5.39. The summed E-state index contributed by atoms with van der Waals surface area (Å²) in [6.07, 6.45) is 1.52. The number of nitrogens with one attached hydrogen (secondary N) is 1. The van der Waals surface area contributed by atoms with E-state index in [0.29, 0.717) is 29.2 Å². The number of hydrogen-bond donors (Lipinski definition) is 1. The molecule has 0 saturated carbocycles. The predicted molar refractivity (Wildman–Crippen MR) is 99.0 cm³/mol. The van der Waals surface area contributed by atoms with Crippen LogP contribution >= 0.6 is 11.6 Å². The Balaban J connectivity index is 1.54. The molecule has 1 N–H and O–H groups in total. The number of carbonyl (C=O) groups excluding carboxylic acids is 2. The van der Waals surface area contributed by atoms with E-state index >= 15 is 0 Å². The molecule has 130 valence electrons. The third-order valence-electron chi connectivity index (χ3n) is 4.49. The van der Waals surface area contributed by atoms with Crippen molar-refractivity contribution in [3.8, 4) is 0 Å². The molecule has 2 aromatic carbocycles. The molecule has 2 amide bonds. The number of halogens is 1. The van der Waals surface area contributed by atoms with Gasteiger partial charge < -0.3 is 10.2 Å². The molecule has 0 aromatic heterocycles. The van der Waals surface area contributed by atoms with Crippen LogP contribution in [0.25, 0.3) is 0 Å². The molecule has 25 heavy (non-hydrogen) atoms. The van der Waals surface area contributed by atoms with Gasteiger partial charge in [0, 0.05) is 35.3 Å². The maximum atomic E-state index is 12.5. The summed E-state index contributed by atoms with van der Waals surface area (Å²) in [5, 5.41) is 3.69. The predicted octanol–water partition coefficient (Wildman–Crippen LogP) is 3.68. The van der Waals surface area contributed by atoms with E-state index in [0.717, 1.165) is 18.4 Å². The highest BCUT2D eigenvalue weighted by Gasteiger charge is 2.24. The van der Waals surface area contributed by atoms with Crippen LogP contribution in [0.4, 0.5) is 0 Å². The SMILES string of the molecule is Cc1cccc(C(=O)NC2CCN(C(=O)c3ccc(Cl)cc3)CC2)c1. The first-order valence-corrected chi connectivity index (χ1v) is 8.83. The van der Waals surface area contributed by atoms with Gasteiger partial charge in [0.2, 0.25) is 0 Å². The van der Waals surface area contributed by atoms with Gasteiger partial charge in [-0.1, -0.05) is 29.3 Å². The van der Waals surface area contributed by atoms with E-state index in [9.17, 15) is 9.59 Å². The molecular weight excluding hydrogens is 336 g/mol. The van der Waals surface area contributed by atoms with Gasteiger partial charge in [0.05, 0.1) is 0 Å². The summed E-state index contributed by atoms with van der Waals surface area (Å²) in [6, 6.07) is 14.6. The Morgan fingerprint density at radius 2 is 1.72 bits per heavy atom. The molecule has 1 heterocycles. The Morgan fingerprint density at radius 3 is 2.36 bits per heavy atom. The lowest BCUT2D eigenvalue weighted by Gasteiger charge is -2.32. The molecule has 0 unspecified atom stereocenters. The summed E-state index contributed by atoms with van der Waals surface area (Å²) in [6.45, 7) is 3.25. The number of amides is 2. The van der Waals surface area contributed by atoms with E-state index in [1.165, 1.54) is 0 Å². The third kappa shape index (κ3) is 4.40. The van der Waals surface area contributed by atoms with Gasteiger partial charge in [0.1, 0.15) is 0 Å². The van der Waals surface area contributed by atoms with Crippen molar-refractivity contribution in [1.82, 2.24) is 10.2 Å². The molecule has 0 spiro atoms. The fourth-order valence-electron chi connectivity index (χ4n) is 3.06. The number of aryl methyl sites for hydroxylation is 1. The van der Waals surface area contributed by atoms with E-state index < -0.39 is 0 Å². The van der Waals surface area contributed by atoms with Crippen LogP contribution in [-0.4, -0.2) is 35.8 Å². The standard InChI is InChI=1S/C20H21ClN2O2/c1-14-3-2-4-16(13-14)19(24)22-18-9-11-23(12-10-18)20(25)15-5-7-17(21)8-6-15/h2-8,13,18H,9-12H2,1H3,(H,22,24). The zero-order chi connectivity index (χ0) is 17.8. The summed E-state index contributed by atoms with van der Waals surface area (Å²) < 4.78 is 0. The number of hydrogen-bond acceptors (Lipinski definition) is 2. The Morgan fingerprint density at radius 1 is 1.04 bits per heavy atom. The second-order valence-electron chi connectivity index (χ2n) is 6.42. The Hall–Kier alpha value is -2.33. The van der Waals surface area contributed by atoms with Gasteiger partial charge in [-0.05, 0) is 56.2 Å². The zero-order valence-electron chi connectivity index (χ0n) is 14.2. The summed E-state index contributed by atoms with van der Waals surface area (Å²) >= 11 is 5.86. The highest BCUT2D eigenvalue weighted by molar-refractivity contribution is 6.30. The van der Waals surface area contributed by atoms with Crippen LogP contribution in [0, 0.1) is 6.92 Å². The molecule has 1 aliphatic rings. The van der Waals surface area contributed by atoms with E-state index in [-0.39, 0.29) is 17.9 Å². The van der Waals surface area contributed by atoms with Gasteiger partial charge in [-0.15, -0.1) is 0 Å². The molecule has 1 saturated heterocycles. The van der Waals surface area contributed by atoms with Crippen LogP contribution in [-0.2, 0) is 0 Å². The maximum absolute atomic E-state index is 12.5. The molecule has 0 radical (unpaired) electrons. The largest absolute Gasteiger partial charge is 0.349 e. The first-order chi connectivity index (χ1) is 12.0. The van der Waals surface area contributed by atoms with Crippen LogP contribution in [0.3, 0.4) is 0 Å². The summed E-state index contributed by atoms with van der Waals surface area (Å²) in [5.41, 5.74) is 2.39. The minimum atomic E-state index is -0.0498. The fourth-order valence-corrected chi connectivity index (χ4v) is 3.18. The number of rotatable bonds is 3. The lowest BCUT2D eigenvalue weighted by molar-refractivity contribution is 0.0698. The Bertz CT molecular complexity index is 766. The second kappa shape index (κ2) is 7.70. The molecule has 0 aliphatic carbocycles. The van der Waals surface area contributed by atoms with Crippen molar-refractivity contribution in [2.45, 2.75) is 25.8 Å². The molecule has 2 aromatic rings. The van der Waals surface area contributed by atoms with Gasteiger partial charge in [-0.2, -0.15) is 0 Å². The van der Waals surface area contributed by atoms with Crippen LogP contribution in [0.15, 0.2) is 48.5 Å². The zero-order valence-corrected chi connectivity index (χ0v) is 14.9. The first-order valence-electron chi connectivity index (χ1n) is 8.45. The van der Waals surface area contributed by atoms with E-state index in [1.54, 1.807) is 24.3 Å². The average Bonchev–Trinajstić information content (AvgIpc) is 2.62. The highest BCUT2D eigenvalue weighted by atomic mass is 35.5. The average molecular weight is 357 g/mol. The van der Waals surface area contributed by atoms with E-state index in [4.69, 9.17) is 11.6 Å². The lowest BCUT2D eigenvalue weighted by Crippen LogP contribution is -2.46. The lowest BCUT2D eigenvalue weighted by atomic mass is 10.0. The monoisotopic (exact) mass is 356 g/mol. The molecule has 1 aliphatic heterocycles. The molecule has 0 bridgehead atoms. The fraction of sp³-hybridized carbons (Fsp3) is 0.300. The highest BCUT2D eigenvalue weighted by Crippen LogP contribution is 2.16. The molecule has 0 atom stereocenters. The second-order valence-corrected chi connectivity index (χ2v) is 6.85. The Labute approximate surface area is 152 Å². The van der Waals surface area contributed by atoms with Crippen LogP contribution < -0.4 is 5.32 Å². The van der Waals surface area contributed by atoms with Gasteiger partial charge in [-0.25, -0.2) is 0 Å². The molecule has 5 heteroatoms. The van der Waals surface area contributed by atoms with Crippen LogP contribution in [0.2, 0.25) is 5.02 Å². The van der Waals surface area contributed by atoms with Crippen LogP contribution in [0.1, 0.15) is 39.1 Å². The normalized spacial score (nSPS) is 15.0. The maximum Gasteiger partial charge on any atom is 0.253 e. The molecule has 3 rings (SSSR count). The number of nitrogens with zero attached hydrogens (tertiary/aromatic N) is 1. The van der Waals surface area contributed by atoms with Crippen molar-refractivity contribution in [3.63, 3.8) is 0 Å². The van der Waals surface area contributed by atoms with Crippen LogP contribution in [0.5, 0.6) is 0 Å². The van der Waals surface area contributed by atoms with Crippen molar-refractivity contribution >= 4 is 23.4 Å². The summed E-state index contributed by atoms with van der Waals surface area (Å²) in [7, 11) is 0. The number of benzene rings is 2. The van der Waals surface area contributed by atoms with Crippen molar-refractivity contribution in [3.05, 3.63) is 70.2 Å². The minimum Gasteiger partial charge on any atom is -0.349 e. The van der Waals surface area contributed by atoms with Gasteiger partial charge in [0.15, 0.2) is 0 Å². The summed E-state index contributed by atoms with van der Waals surface area (Å²) in [4.78, 5) is 26.7. The van der Waals surface area contributed by atoms with Gasteiger partial charge >= 0.3 is 0 Å². The smallest absolute Gasteiger partial charge is 0.253 e. The van der Waals surface area contributed by atoms with Gasteiger partial charge in [0.25, 0.3) is 11.8 Å². The topological polar surface area (TPSA) is 49.4 Å². The first kappa shape index (κ1) is 17.5. The molecule has 1 fully saturated rings. The number of piperidine rings is 1. The quantitative estimate of drug-likeness (QED) is 0.911. The minimum absolute atomic E-state index is 0.0140.